The van der Waals surface area contributed by atoms with E-state index in [1.807, 2.05) is 30.3 Å². The van der Waals surface area contributed by atoms with Gasteiger partial charge in [0, 0.05) is 12.7 Å². The zero-order valence-corrected chi connectivity index (χ0v) is 10.4. The van der Waals surface area contributed by atoms with E-state index in [0.29, 0.717) is 0 Å². The van der Waals surface area contributed by atoms with E-state index in [1.54, 1.807) is 0 Å². The van der Waals surface area contributed by atoms with Crippen LogP contribution in [-0.4, -0.2) is 24.5 Å². The monoisotopic (exact) mass is 254 g/mol. The molecule has 4 nitrogen and oxygen atoms in total. The molecule has 0 aliphatic heterocycles. The van der Waals surface area contributed by atoms with Crippen LogP contribution in [0.4, 0.5) is 0 Å². The molecule has 1 aromatic carbocycles. The van der Waals surface area contributed by atoms with Crippen LogP contribution in [0.3, 0.4) is 0 Å². The summed E-state index contributed by atoms with van der Waals surface area (Å²) in [6.07, 6.45) is 0. The quantitative estimate of drug-likeness (QED) is 0.574. The van der Waals surface area contributed by atoms with Gasteiger partial charge in [-0.2, -0.15) is 0 Å². The Hall–Kier alpha value is -1.49. The molecule has 1 rings (SSSR count). The van der Waals surface area contributed by atoms with Crippen LogP contribution in [0.2, 0.25) is 0 Å². The van der Waals surface area contributed by atoms with Crippen LogP contribution in [0.1, 0.15) is 12.5 Å². The first-order valence-electron chi connectivity index (χ1n) is 5.09. The topological polar surface area (TPSA) is 52.6 Å². The van der Waals surface area contributed by atoms with Gasteiger partial charge in [-0.25, -0.2) is 0 Å². The van der Waals surface area contributed by atoms with E-state index in [2.05, 4.69) is 9.47 Å². The summed E-state index contributed by atoms with van der Waals surface area (Å²) in [5, 5.41) is 0. The van der Waals surface area contributed by atoms with E-state index in [0.717, 1.165) is 11.3 Å². The molecule has 0 bridgehead atoms. The minimum absolute atomic E-state index is 0.246. The van der Waals surface area contributed by atoms with Crippen molar-refractivity contribution in [2.75, 3.05) is 12.5 Å². The zero-order chi connectivity index (χ0) is 12.5. The van der Waals surface area contributed by atoms with Crippen molar-refractivity contribution in [2.24, 2.45) is 0 Å². The fourth-order valence-corrected chi connectivity index (χ4v) is 1.83. The summed E-state index contributed by atoms with van der Waals surface area (Å²) in [5.74, 6) is 0.154. The molecule has 0 spiro atoms. The van der Waals surface area contributed by atoms with Gasteiger partial charge >= 0.3 is 11.9 Å². The first-order valence-corrected chi connectivity index (χ1v) is 6.24. The Bertz CT molecular complexity index is 364. The zero-order valence-electron chi connectivity index (χ0n) is 9.55. The highest BCUT2D eigenvalue weighted by Crippen LogP contribution is 2.11. The molecule has 92 valence electrons. The number of ether oxygens (including phenoxy) is 2. The van der Waals surface area contributed by atoms with Gasteiger partial charge in [0.05, 0.1) is 5.75 Å². The fraction of sp³-hybridized carbons (Fsp3) is 0.333. The number of benzene rings is 1. The SMILES string of the molecule is CC(=O)OCOC(=O)CSCc1ccccc1. The second kappa shape index (κ2) is 7.73. The van der Waals surface area contributed by atoms with Gasteiger partial charge in [0.1, 0.15) is 0 Å². The van der Waals surface area contributed by atoms with E-state index >= 15 is 0 Å². The van der Waals surface area contributed by atoms with Gasteiger partial charge in [0.25, 0.3) is 0 Å². The van der Waals surface area contributed by atoms with Crippen LogP contribution in [-0.2, 0) is 24.8 Å². The third-order valence-corrected chi connectivity index (χ3v) is 2.79. The molecule has 17 heavy (non-hydrogen) atoms. The molecule has 0 saturated heterocycles. The molecule has 0 N–H and O–H groups in total. The smallest absolute Gasteiger partial charge is 0.318 e. The Balaban J connectivity index is 2.10. The molecule has 1 aromatic rings. The fourth-order valence-electron chi connectivity index (χ4n) is 1.05. The Kier molecular flexibility index (Phi) is 6.17. The Morgan fingerprint density at radius 3 is 2.53 bits per heavy atom. The predicted octanol–water partition coefficient (Wildman–Crippen LogP) is 1.98. The summed E-state index contributed by atoms with van der Waals surface area (Å²) in [7, 11) is 0. The molecule has 0 amide bonds. The predicted molar refractivity (Wildman–Crippen MR) is 65.3 cm³/mol. The molecule has 5 heteroatoms. The lowest BCUT2D eigenvalue weighted by molar-refractivity contribution is -0.163. The lowest BCUT2D eigenvalue weighted by Crippen LogP contribution is -2.12. The van der Waals surface area contributed by atoms with Crippen LogP contribution >= 0.6 is 11.8 Å². The Morgan fingerprint density at radius 1 is 1.18 bits per heavy atom. The maximum Gasteiger partial charge on any atom is 0.318 e. The van der Waals surface area contributed by atoms with Gasteiger partial charge in [0.15, 0.2) is 0 Å². The number of carbonyl (C=O) groups is 2. The summed E-state index contributed by atoms with van der Waals surface area (Å²) < 4.78 is 9.17. The van der Waals surface area contributed by atoms with Crippen molar-refractivity contribution in [3.05, 3.63) is 35.9 Å². The second-order valence-corrected chi connectivity index (χ2v) is 4.23. The number of rotatable bonds is 6. The third kappa shape index (κ3) is 6.63. The van der Waals surface area contributed by atoms with Crippen LogP contribution in [0.25, 0.3) is 0 Å². The van der Waals surface area contributed by atoms with E-state index in [9.17, 15) is 9.59 Å². The summed E-state index contributed by atoms with van der Waals surface area (Å²) >= 11 is 1.46. The van der Waals surface area contributed by atoms with Gasteiger partial charge < -0.3 is 9.47 Å². The van der Waals surface area contributed by atoms with Crippen molar-refractivity contribution in [2.45, 2.75) is 12.7 Å². The molecule has 0 saturated carbocycles. The summed E-state index contributed by atoms with van der Waals surface area (Å²) in [4.78, 5) is 21.6. The van der Waals surface area contributed by atoms with Crippen molar-refractivity contribution in [1.29, 1.82) is 0 Å². The molecule has 0 aromatic heterocycles. The highest BCUT2D eigenvalue weighted by Gasteiger charge is 2.04. The largest absolute Gasteiger partial charge is 0.428 e. The highest BCUT2D eigenvalue weighted by molar-refractivity contribution is 7.99. The van der Waals surface area contributed by atoms with E-state index < -0.39 is 5.97 Å². The molecule has 0 radical (unpaired) electrons. The van der Waals surface area contributed by atoms with Gasteiger partial charge in [0.2, 0.25) is 6.79 Å². The second-order valence-electron chi connectivity index (χ2n) is 3.25. The summed E-state index contributed by atoms with van der Waals surface area (Å²) in [6.45, 7) is 0.956. The number of esters is 2. The number of hydrogen-bond acceptors (Lipinski definition) is 5. The Morgan fingerprint density at radius 2 is 1.88 bits per heavy atom. The van der Waals surface area contributed by atoms with Crippen LogP contribution in [0.15, 0.2) is 30.3 Å². The first kappa shape index (κ1) is 13.6. The van der Waals surface area contributed by atoms with E-state index in [4.69, 9.17) is 0 Å². The van der Waals surface area contributed by atoms with Gasteiger partial charge in [-0.3, -0.25) is 9.59 Å². The van der Waals surface area contributed by atoms with E-state index in [-0.39, 0.29) is 18.5 Å². The molecule has 0 atom stereocenters. The van der Waals surface area contributed by atoms with Crippen LogP contribution in [0, 0.1) is 0 Å². The lowest BCUT2D eigenvalue weighted by atomic mass is 10.2. The highest BCUT2D eigenvalue weighted by atomic mass is 32.2. The minimum atomic E-state index is -0.463. The molecule has 0 aliphatic rings. The molecule has 0 aliphatic carbocycles. The standard InChI is InChI=1S/C12H14O4S/c1-10(13)15-9-16-12(14)8-17-7-11-5-3-2-4-6-11/h2-6H,7-9H2,1H3. The summed E-state index contributed by atoms with van der Waals surface area (Å²) in [6, 6.07) is 9.85. The molecule has 0 fully saturated rings. The third-order valence-electron chi connectivity index (χ3n) is 1.81. The van der Waals surface area contributed by atoms with E-state index in [1.165, 1.54) is 18.7 Å². The average molecular weight is 254 g/mol. The van der Waals surface area contributed by atoms with Gasteiger partial charge in [-0.15, -0.1) is 11.8 Å². The van der Waals surface area contributed by atoms with Crippen molar-refractivity contribution < 1.29 is 19.1 Å². The van der Waals surface area contributed by atoms with Gasteiger partial charge in [-0.05, 0) is 5.56 Å². The van der Waals surface area contributed by atoms with Crippen molar-refractivity contribution in [1.82, 2.24) is 0 Å². The number of hydrogen-bond donors (Lipinski definition) is 0. The van der Waals surface area contributed by atoms with Crippen molar-refractivity contribution in [3.8, 4) is 0 Å². The van der Waals surface area contributed by atoms with Gasteiger partial charge in [-0.1, -0.05) is 30.3 Å². The first-order chi connectivity index (χ1) is 8.18. The molecular weight excluding hydrogens is 240 g/mol. The molecule has 0 heterocycles. The normalized spacial score (nSPS) is 9.71. The van der Waals surface area contributed by atoms with Crippen molar-refractivity contribution in [3.63, 3.8) is 0 Å². The Labute approximate surface area is 104 Å². The number of carbonyl (C=O) groups excluding carboxylic acids is 2. The maximum atomic E-state index is 11.2. The maximum absolute atomic E-state index is 11.2. The minimum Gasteiger partial charge on any atom is -0.428 e. The summed E-state index contributed by atoms with van der Waals surface area (Å²) in [5.41, 5.74) is 1.16. The lowest BCUT2D eigenvalue weighted by Gasteiger charge is -2.04. The molecule has 0 unspecified atom stereocenters. The average Bonchev–Trinajstić information content (AvgIpc) is 2.30. The van der Waals surface area contributed by atoms with Crippen LogP contribution < -0.4 is 0 Å². The number of thioether (sulfide) groups is 1. The molecular formula is C12H14O4S. The van der Waals surface area contributed by atoms with Crippen LogP contribution in [0.5, 0.6) is 0 Å². The van der Waals surface area contributed by atoms with Crippen molar-refractivity contribution >= 4 is 23.7 Å².